The van der Waals surface area contributed by atoms with Gasteiger partial charge in [0.1, 0.15) is 0 Å². The first-order chi connectivity index (χ1) is 4.74. The Morgan fingerprint density at radius 1 is 1.50 bits per heavy atom. The molecule has 1 nitrogen and oxygen atoms in total. The maximum atomic E-state index is 4.24. The molecule has 1 rings (SSSR count). The van der Waals surface area contributed by atoms with Crippen LogP contribution >= 0.6 is 0 Å². The molecule has 10 heavy (non-hydrogen) atoms. The monoisotopic (exact) mass is 167 g/mol. The number of pyridine rings is 1. The van der Waals surface area contributed by atoms with Crippen LogP contribution in [-0.4, -0.2) is 9.30 Å². The Labute approximate surface area is 72.4 Å². The maximum absolute atomic E-state index is 4.24. The Kier molecular flexibility index (Phi) is 2.53. The van der Waals surface area contributed by atoms with Gasteiger partial charge in [0.15, 0.2) is 0 Å². The van der Waals surface area contributed by atoms with Gasteiger partial charge in [0, 0.05) is 0 Å². The second-order valence-corrected chi connectivity index (χ2v) is 2.81. The molecule has 0 aliphatic carbocycles. The van der Waals surface area contributed by atoms with Crippen LogP contribution in [0.3, 0.4) is 0 Å². The van der Waals surface area contributed by atoms with Gasteiger partial charge in [-0.1, -0.05) is 0 Å². The second-order valence-electron chi connectivity index (χ2n) is 2.36. The Morgan fingerprint density at radius 3 is 2.70 bits per heavy atom. The normalized spacial score (nSPS) is 9.30. The molecule has 0 saturated heterocycles. The van der Waals surface area contributed by atoms with Gasteiger partial charge in [-0.2, -0.15) is 0 Å². The van der Waals surface area contributed by atoms with E-state index in [0.29, 0.717) is 0 Å². The summed E-state index contributed by atoms with van der Waals surface area (Å²) in [5, 5.41) is 0. The summed E-state index contributed by atoms with van der Waals surface area (Å²) < 4.78 is 2.02. The molecule has 0 spiro atoms. The molecular weight excluding hydrogens is 158 g/mol. The van der Waals surface area contributed by atoms with Crippen molar-refractivity contribution in [3.8, 4) is 0 Å². The van der Waals surface area contributed by atoms with Crippen LogP contribution in [0, 0.1) is 13.8 Å². The number of hydrogen-bond acceptors (Lipinski definition) is 1. The van der Waals surface area contributed by atoms with Gasteiger partial charge < -0.3 is 0 Å². The summed E-state index contributed by atoms with van der Waals surface area (Å²) in [6.45, 7) is 4.13. The minimum absolute atomic E-state index is 1.09. The van der Waals surface area contributed by atoms with Crippen molar-refractivity contribution in [1.82, 2.24) is 4.98 Å². The van der Waals surface area contributed by atoms with Crippen molar-refractivity contribution in [2.45, 2.75) is 13.8 Å². The molecule has 0 N–H and O–H groups in total. The molecule has 0 aromatic carbocycles. The van der Waals surface area contributed by atoms with Gasteiger partial charge in [-0.15, -0.1) is 0 Å². The van der Waals surface area contributed by atoms with Gasteiger partial charge in [-0.05, 0) is 0 Å². The van der Waals surface area contributed by atoms with Gasteiger partial charge in [0.25, 0.3) is 0 Å². The number of nitrogens with zero attached hydrogens (tertiary/aromatic N) is 1. The fraction of sp³-hybridized carbons (Fsp3) is 0.250. The van der Waals surface area contributed by atoms with E-state index in [0.717, 1.165) is 5.69 Å². The molecule has 1 aromatic heterocycles. The van der Waals surface area contributed by atoms with Gasteiger partial charge in [-0.3, -0.25) is 0 Å². The zero-order valence-electron chi connectivity index (χ0n) is 6.18. The Hall–Kier alpha value is -0.266. The molecule has 0 amide bonds. The van der Waals surface area contributed by atoms with Crippen LogP contribution in [0.1, 0.15) is 16.8 Å². The molecule has 1 aromatic rings. The Balaban J connectivity index is 3.19. The third-order valence-electron chi connectivity index (χ3n) is 1.39. The molecule has 0 aliphatic heterocycles. The van der Waals surface area contributed by atoms with Gasteiger partial charge in [0.05, 0.1) is 0 Å². The average Bonchev–Trinajstić information content (AvgIpc) is 1.88. The summed E-state index contributed by atoms with van der Waals surface area (Å²) in [6.07, 6.45) is 1.89. The van der Waals surface area contributed by atoms with Crippen molar-refractivity contribution in [2.75, 3.05) is 0 Å². The minimum atomic E-state index is 1.09. The second kappa shape index (κ2) is 3.22. The molecule has 0 bridgehead atoms. The van der Waals surface area contributed by atoms with Gasteiger partial charge >= 0.3 is 72.2 Å². The van der Waals surface area contributed by atoms with Crippen LogP contribution in [-0.2, 0) is 20.0 Å². The number of rotatable bonds is 1. The van der Waals surface area contributed by atoms with Crippen molar-refractivity contribution in [1.29, 1.82) is 0 Å². The molecule has 1 heterocycles. The van der Waals surface area contributed by atoms with Crippen molar-refractivity contribution >= 4 is 4.31 Å². The topological polar surface area (TPSA) is 12.9 Å². The molecule has 0 fully saturated rings. The van der Waals surface area contributed by atoms with Crippen LogP contribution in [0.15, 0.2) is 12.3 Å². The fourth-order valence-electron chi connectivity index (χ4n) is 0.877. The van der Waals surface area contributed by atoms with Crippen LogP contribution in [0.2, 0.25) is 0 Å². The third-order valence-corrected chi connectivity index (χ3v) is 1.82. The average molecular weight is 167 g/mol. The molecule has 0 saturated carbocycles. The molecule has 0 atom stereocenters. The molecule has 0 aliphatic rings. The van der Waals surface area contributed by atoms with E-state index in [4.69, 9.17) is 0 Å². The summed E-state index contributed by atoms with van der Waals surface area (Å²) in [5.41, 5.74) is 3.57. The van der Waals surface area contributed by atoms with Crippen LogP contribution in [0.5, 0.6) is 0 Å². The molecular formula is C8H9NTi. The van der Waals surface area contributed by atoms with E-state index in [-0.39, 0.29) is 0 Å². The molecule has 0 radical (unpaired) electrons. The summed E-state index contributed by atoms with van der Waals surface area (Å²) in [5.74, 6) is 0. The van der Waals surface area contributed by atoms with E-state index >= 15 is 0 Å². The summed E-state index contributed by atoms with van der Waals surface area (Å²) in [7, 11) is 0. The van der Waals surface area contributed by atoms with E-state index in [9.17, 15) is 0 Å². The molecule has 50 valence electrons. The van der Waals surface area contributed by atoms with E-state index in [1.54, 1.807) is 0 Å². The van der Waals surface area contributed by atoms with Gasteiger partial charge in [-0.25, -0.2) is 0 Å². The standard InChI is InChI=1S/C8H9N.Ti/c1-6-4-7(2)8(3)9-5-6;/h3-5H,1-2H3;. The van der Waals surface area contributed by atoms with E-state index < -0.39 is 0 Å². The Morgan fingerprint density at radius 2 is 2.20 bits per heavy atom. The third kappa shape index (κ3) is 1.62. The van der Waals surface area contributed by atoms with Crippen molar-refractivity contribution < 1.29 is 20.0 Å². The fourth-order valence-corrected chi connectivity index (χ4v) is 1.35. The number of aryl methyl sites for hydroxylation is 2. The summed E-state index contributed by atoms with van der Waals surface area (Å²) in [6, 6.07) is 2.14. The first-order valence-corrected chi connectivity index (χ1v) is 4.08. The SMILES string of the molecule is Cc1cnc([CH]=[Ti])c(C)c1. The van der Waals surface area contributed by atoms with Crippen LogP contribution in [0.4, 0.5) is 0 Å². The zero-order chi connectivity index (χ0) is 7.56. The summed E-state index contributed by atoms with van der Waals surface area (Å²) in [4.78, 5) is 4.24. The number of aromatic nitrogens is 1. The van der Waals surface area contributed by atoms with E-state index in [1.807, 2.05) is 30.5 Å². The van der Waals surface area contributed by atoms with Crippen molar-refractivity contribution in [3.05, 3.63) is 29.1 Å². The molecule has 2 heteroatoms. The zero-order valence-corrected chi connectivity index (χ0v) is 7.74. The predicted molar refractivity (Wildman–Crippen MR) is 38.9 cm³/mol. The summed E-state index contributed by atoms with van der Waals surface area (Å²) >= 11 is 2.00. The first-order valence-electron chi connectivity index (χ1n) is 3.18. The first kappa shape index (κ1) is 7.84. The van der Waals surface area contributed by atoms with E-state index in [1.165, 1.54) is 11.1 Å². The van der Waals surface area contributed by atoms with Crippen LogP contribution in [0.25, 0.3) is 0 Å². The van der Waals surface area contributed by atoms with Crippen molar-refractivity contribution in [3.63, 3.8) is 0 Å². The molecule has 0 unspecified atom stereocenters. The predicted octanol–water partition coefficient (Wildman–Crippen LogP) is 1.40. The Bertz CT molecular complexity index is 255. The quantitative estimate of drug-likeness (QED) is 0.576. The van der Waals surface area contributed by atoms with E-state index in [2.05, 4.69) is 24.9 Å². The number of hydrogen-bond donors (Lipinski definition) is 0. The van der Waals surface area contributed by atoms with Gasteiger partial charge in [0.2, 0.25) is 0 Å². The van der Waals surface area contributed by atoms with Crippen LogP contribution < -0.4 is 0 Å². The van der Waals surface area contributed by atoms with Crippen molar-refractivity contribution in [2.24, 2.45) is 0 Å².